The first-order chi connectivity index (χ1) is 11.8. The average molecular weight is 433 g/mol. The molecule has 0 fully saturated rings. The standard InChI is InChI=1S/C17H36N4O4.2ClH/c1-5-7-11-20-15(22)24-13(3)17(19,9-10-18)14(4)25-16(23)21-12-8-6-2;;/h13-14H,5-12,18-19H2,1-4H3,(H,20,22)(H,21,23);2*1H. The van der Waals surface area contributed by atoms with E-state index < -0.39 is 29.9 Å². The normalized spacial score (nSPS) is 14.4. The number of halogens is 2. The van der Waals surface area contributed by atoms with Crippen molar-refractivity contribution in [2.24, 2.45) is 11.5 Å². The Bertz CT molecular complexity index is 373. The van der Waals surface area contributed by atoms with Gasteiger partial charge in [0, 0.05) is 13.1 Å². The van der Waals surface area contributed by atoms with E-state index in [2.05, 4.69) is 10.6 Å². The Morgan fingerprint density at radius 3 is 1.59 bits per heavy atom. The van der Waals surface area contributed by atoms with E-state index in [-0.39, 0.29) is 31.4 Å². The molecule has 27 heavy (non-hydrogen) atoms. The molecule has 10 heteroatoms. The molecule has 0 spiro atoms. The lowest BCUT2D eigenvalue weighted by Gasteiger charge is -2.38. The fraction of sp³-hybridized carbons (Fsp3) is 0.882. The zero-order chi connectivity index (χ0) is 19.3. The van der Waals surface area contributed by atoms with E-state index in [1.54, 1.807) is 13.8 Å². The molecule has 8 nitrogen and oxygen atoms in total. The summed E-state index contributed by atoms with van der Waals surface area (Å²) in [6.07, 6.45) is 1.63. The first-order valence-corrected chi connectivity index (χ1v) is 9.19. The van der Waals surface area contributed by atoms with Gasteiger partial charge in [-0.3, -0.25) is 0 Å². The number of carbonyl (C=O) groups is 2. The predicted molar refractivity (Wildman–Crippen MR) is 113 cm³/mol. The maximum Gasteiger partial charge on any atom is 0.407 e. The highest BCUT2D eigenvalue weighted by Gasteiger charge is 2.41. The van der Waals surface area contributed by atoms with Crippen molar-refractivity contribution < 1.29 is 19.1 Å². The number of alkyl carbamates (subject to hydrolysis) is 2. The molecule has 0 aliphatic rings. The van der Waals surface area contributed by atoms with Gasteiger partial charge in [-0.05, 0) is 39.7 Å². The van der Waals surface area contributed by atoms with Crippen molar-refractivity contribution in [1.29, 1.82) is 0 Å². The molecule has 0 aromatic rings. The van der Waals surface area contributed by atoms with Gasteiger partial charge in [-0.15, -0.1) is 24.8 Å². The number of amides is 2. The summed E-state index contributed by atoms with van der Waals surface area (Å²) in [5.41, 5.74) is 11.0. The van der Waals surface area contributed by atoms with Gasteiger partial charge in [-0.1, -0.05) is 26.7 Å². The van der Waals surface area contributed by atoms with Crippen LogP contribution in [0.15, 0.2) is 0 Å². The lowest BCUT2D eigenvalue weighted by atomic mass is 9.85. The lowest BCUT2D eigenvalue weighted by molar-refractivity contribution is -0.0164. The molecule has 0 aliphatic heterocycles. The number of hydrogen-bond acceptors (Lipinski definition) is 6. The summed E-state index contributed by atoms with van der Waals surface area (Å²) in [6.45, 7) is 8.81. The van der Waals surface area contributed by atoms with Gasteiger partial charge in [0.1, 0.15) is 12.2 Å². The quantitative estimate of drug-likeness (QED) is 0.350. The highest BCUT2D eigenvalue weighted by atomic mass is 35.5. The third kappa shape index (κ3) is 12.2. The van der Waals surface area contributed by atoms with Crippen LogP contribution in [-0.2, 0) is 9.47 Å². The Morgan fingerprint density at radius 1 is 0.926 bits per heavy atom. The Kier molecular flexibility index (Phi) is 19.5. The molecule has 2 amide bonds. The van der Waals surface area contributed by atoms with Crippen molar-refractivity contribution in [3.8, 4) is 0 Å². The van der Waals surface area contributed by atoms with Crippen LogP contribution in [0.3, 0.4) is 0 Å². The monoisotopic (exact) mass is 432 g/mol. The van der Waals surface area contributed by atoms with Gasteiger partial charge < -0.3 is 31.6 Å². The van der Waals surface area contributed by atoms with Crippen LogP contribution in [0.2, 0.25) is 0 Å². The molecule has 164 valence electrons. The largest absolute Gasteiger partial charge is 0.444 e. The molecule has 0 bridgehead atoms. The van der Waals surface area contributed by atoms with E-state index >= 15 is 0 Å². The van der Waals surface area contributed by atoms with E-state index in [1.165, 1.54) is 0 Å². The molecule has 0 rings (SSSR count). The molecular weight excluding hydrogens is 395 g/mol. The van der Waals surface area contributed by atoms with Gasteiger partial charge >= 0.3 is 12.2 Å². The summed E-state index contributed by atoms with van der Waals surface area (Å²) in [7, 11) is 0. The smallest absolute Gasteiger partial charge is 0.407 e. The van der Waals surface area contributed by atoms with Crippen molar-refractivity contribution in [3.05, 3.63) is 0 Å². The van der Waals surface area contributed by atoms with Crippen LogP contribution in [0.1, 0.15) is 59.8 Å². The van der Waals surface area contributed by atoms with Crippen molar-refractivity contribution in [3.63, 3.8) is 0 Å². The second kappa shape index (κ2) is 17.2. The Morgan fingerprint density at radius 2 is 1.30 bits per heavy atom. The third-order valence-electron chi connectivity index (χ3n) is 4.26. The number of hydrogen-bond donors (Lipinski definition) is 4. The molecule has 0 saturated heterocycles. The van der Waals surface area contributed by atoms with Gasteiger partial charge in [0.05, 0.1) is 5.54 Å². The SMILES string of the molecule is CCCCNC(=O)OC(C)C(N)(CCN)C(C)OC(=O)NCCCC.Cl.Cl. The lowest BCUT2D eigenvalue weighted by Crippen LogP contribution is -2.61. The summed E-state index contributed by atoms with van der Waals surface area (Å²) < 4.78 is 10.7. The Balaban J connectivity index is -0.00000288. The summed E-state index contributed by atoms with van der Waals surface area (Å²) in [5.74, 6) is 0. The highest BCUT2D eigenvalue weighted by molar-refractivity contribution is 5.85. The molecule has 0 aromatic heterocycles. The van der Waals surface area contributed by atoms with Gasteiger partial charge in [0.15, 0.2) is 0 Å². The molecule has 0 aliphatic carbocycles. The van der Waals surface area contributed by atoms with E-state index in [9.17, 15) is 9.59 Å². The second-order valence-corrected chi connectivity index (χ2v) is 6.31. The van der Waals surface area contributed by atoms with E-state index in [4.69, 9.17) is 20.9 Å². The molecule has 0 heterocycles. The topological polar surface area (TPSA) is 129 Å². The summed E-state index contributed by atoms with van der Waals surface area (Å²) in [5, 5.41) is 5.35. The van der Waals surface area contributed by atoms with Gasteiger partial charge in [-0.2, -0.15) is 0 Å². The molecule has 2 atom stereocenters. The molecule has 0 saturated carbocycles. The first kappa shape index (κ1) is 30.8. The average Bonchev–Trinajstić information content (AvgIpc) is 2.55. The molecule has 0 radical (unpaired) electrons. The summed E-state index contributed by atoms with van der Waals surface area (Å²) in [4.78, 5) is 23.7. The van der Waals surface area contributed by atoms with E-state index in [0.29, 0.717) is 19.5 Å². The van der Waals surface area contributed by atoms with E-state index in [1.807, 2.05) is 13.8 Å². The van der Waals surface area contributed by atoms with E-state index in [0.717, 1.165) is 25.7 Å². The maximum absolute atomic E-state index is 11.9. The van der Waals surface area contributed by atoms with Crippen LogP contribution in [0, 0.1) is 0 Å². The fourth-order valence-corrected chi connectivity index (χ4v) is 2.35. The van der Waals surface area contributed by atoms with Gasteiger partial charge in [-0.25, -0.2) is 9.59 Å². The number of ether oxygens (including phenoxy) is 2. The van der Waals surface area contributed by atoms with Gasteiger partial charge in [0.25, 0.3) is 0 Å². The van der Waals surface area contributed by atoms with Crippen molar-refractivity contribution in [2.75, 3.05) is 19.6 Å². The van der Waals surface area contributed by atoms with Gasteiger partial charge in [0.2, 0.25) is 0 Å². The summed E-state index contributed by atoms with van der Waals surface area (Å²) >= 11 is 0. The Labute approximate surface area is 175 Å². The Hall–Kier alpha value is -0.960. The van der Waals surface area contributed by atoms with Crippen molar-refractivity contribution >= 4 is 37.0 Å². The number of unbranched alkanes of at least 4 members (excludes halogenated alkanes) is 2. The van der Waals surface area contributed by atoms with Crippen molar-refractivity contribution in [2.45, 2.75) is 77.5 Å². The minimum atomic E-state index is -1.07. The minimum Gasteiger partial charge on any atom is -0.444 e. The second-order valence-electron chi connectivity index (χ2n) is 6.31. The molecular formula is C17H38Cl2N4O4. The van der Waals surface area contributed by atoms with Crippen LogP contribution in [0.4, 0.5) is 9.59 Å². The minimum absolute atomic E-state index is 0. The maximum atomic E-state index is 11.9. The number of rotatable bonds is 12. The highest BCUT2D eigenvalue weighted by Crippen LogP contribution is 2.22. The number of carbonyl (C=O) groups excluding carboxylic acids is 2. The molecule has 6 N–H and O–H groups in total. The number of nitrogens with one attached hydrogen (secondary N) is 2. The summed E-state index contributed by atoms with van der Waals surface area (Å²) in [6, 6.07) is 0. The first-order valence-electron chi connectivity index (χ1n) is 9.19. The van der Waals surface area contributed by atoms with Crippen LogP contribution < -0.4 is 22.1 Å². The van der Waals surface area contributed by atoms with Crippen LogP contribution in [0.5, 0.6) is 0 Å². The fourth-order valence-electron chi connectivity index (χ4n) is 2.35. The number of nitrogens with two attached hydrogens (primary N) is 2. The van der Waals surface area contributed by atoms with Crippen LogP contribution in [0.25, 0.3) is 0 Å². The van der Waals surface area contributed by atoms with Crippen LogP contribution in [-0.4, -0.2) is 49.6 Å². The zero-order valence-corrected chi connectivity index (χ0v) is 18.5. The molecule has 2 unspecified atom stereocenters. The van der Waals surface area contributed by atoms with Crippen molar-refractivity contribution in [1.82, 2.24) is 10.6 Å². The predicted octanol–water partition coefficient (Wildman–Crippen LogP) is 2.71. The molecule has 0 aromatic carbocycles. The zero-order valence-electron chi connectivity index (χ0n) is 16.9. The van der Waals surface area contributed by atoms with Crippen LogP contribution >= 0.6 is 24.8 Å². The third-order valence-corrected chi connectivity index (χ3v) is 4.26.